The number of anilines is 1. The SMILES string of the molecule is COc1cc(NC(=S)N[C@@H]2C[C@H]3CC[C@@H]2C3)c(OC)cc1Cl. The van der Waals surface area contributed by atoms with Crippen LogP contribution in [0.25, 0.3) is 0 Å². The van der Waals surface area contributed by atoms with Crippen molar-refractivity contribution in [2.24, 2.45) is 11.8 Å². The zero-order valence-electron chi connectivity index (χ0n) is 12.8. The first-order valence-electron chi connectivity index (χ1n) is 7.59. The van der Waals surface area contributed by atoms with Gasteiger partial charge < -0.3 is 20.1 Å². The van der Waals surface area contributed by atoms with E-state index in [0.717, 1.165) is 17.5 Å². The molecular weight excluding hydrogens is 320 g/mol. The Bertz CT molecular complexity index is 582. The lowest BCUT2D eigenvalue weighted by Gasteiger charge is -2.25. The van der Waals surface area contributed by atoms with Gasteiger partial charge in [-0.05, 0) is 43.3 Å². The maximum Gasteiger partial charge on any atom is 0.171 e. The Balaban J connectivity index is 1.68. The molecule has 2 bridgehead atoms. The van der Waals surface area contributed by atoms with Crippen molar-refractivity contribution in [2.75, 3.05) is 19.5 Å². The van der Waals surface area contributed by atoms with Crippen LogP contribution in [0.3, 0.4) is 0 Å². The molecule has 3 rings (SSSR count). The predicted molar refractivity (Wildman–Crippen MR) is 93.1 cm³/mol. The van der Waals surface area contributed by atoms with Crippen LogP contribution in [0, 0.1) is 11.8 Å². The fourth-order valence-electron chi connectivity index (χ4n) is 3.71. The van der Waals surface area contributed by atoms with Crippen molar-refractivity contribution in [3.05, 3.63) is 17.2 Å². The summed E-state index contributed by atoms with van der Waals surface area (Å²) in [5, 5.41) is 7.80. The normalized spacial score (nSPS) is 25.9. The van der Waals surface area contributed by atoms with E-state index in [1.807, 2.05) is 0 Å². The molecule has 1 aromatic carbocycles. The van der Waals surface area contributed by atoms with Crippen LogP contribution < -0.4 is 20.1 Å². The molecule has 3 atom stereocenters. The van der Waals surface area contributed by atoms with Gasteiger partial charge >= 0.3 is 0 Å². The molecule has 1 aromatic rings. The predicted octanol–water partition coefficient (Wildman–Crippen LogP) is 3.83. The third-order valence-electron chi connectivity index (χ3n) is 4.78. The largest absolute Gasteiger partial charge is 0.495 e. The highest BCUT2D eigenvalue weighted by molar-refractivity contribution is 7.80. The van der Waals surface area contributed by atoms with E-state index in [2.05, 4.69) is 10.6 Å². The van der Waals surface area contributed by atoms with Crippen LogP contribution in [0.5, 0.6) is 11.5 Å². The highest BCUT2D eigenvalue weighted by Gasteiger charge is 2.39. The third-order valence-corrected chi connectivity index (χ3v) is 5.29. The van der Waals surface area contributed by atoms with Gasteiger partial charge in [0.2, 0.25) is 0 Å². The van der Waals surface area contributed by atoms with Crippen LogP contribution in [0.2, 0.25) is 5.02 Å². The molecule has 0 heterocycles. The van der Waals surface area contributed by atoms with E-state index in [0.29, 0.717) is 27.7 Å². The van der Waals surface area contributed by atoms with Gasteiger partial charge in [-0.2, -0.15) is 0 Å². The molecule has 0 amide bonds. The molecule has 2 aliphatic carbocycles. The lowest BCUT2D eigenvalue weighted by Crippen LogP contribution is -2.40. The lowest BCUT2D eigenvalue weighted by molar-refractivity contribution is 0.391. The van der Waals surface area contributed by atoms with Gasteiger partial charge in [0.05, 0.1) is 24.9 Å². The van der Waals surface area contributed by atoms with E-state index in [1.54, 1.807) is 26.4 Å². The highest BCUT2D eigenvalue weighted by Crippen LogP contribution is 2.44. The van der Waals surface area contributed by atoms with Crippen LogP contribution in [0.15, 0.2) is 12.1 Å². The second kappa shape index (κ2) is 6.50. The standard InChI is InChI=1S/C16H21ClN2O2S/c1-20-14-8-13(15(21-2)7-11(14)17)19-16(22)18-12-6-9-3-4-10(12)5-9/h7-10,12H,3-6H2,1-2H3,(H2,18,19,22)/t9-,10+,12+/m0/s1. The van der Waals surface area contributed by atoms with E-state index < -0.39 is 0 Å². The van der Waals surface area contributed by atoms with Crippen LogP contribution in [0.4, 0.5) is 5.69 Å². The topological polar surface area (TPSA) is 42.5 Å². The molecule has 2 fully saturated rings. The summed E-state index contributed by atoms with van der Waals surface area (Å²) in [6, 6.07) is 4.03. The summed E-state index contributed by atoms with van der Waals surface area (Å²) in [6.45, 7) is 0. The van der Waals surface area contributed by atoms with Crippen LogP contribution in [-0.4, -0.2) is 25.4 Å². The number of methoxy groups -OCH3 is 2. The zero-order chi connectivity index (χ0) is 15.7. The quantitative estimate of drug-likeness (QED) is 0.815. The average Bonchev–Trinajstić information content (AvgIpc) is 3.11. The number of fused-ring (bicyclic) bond motifs is 2. The number of thiocarbonyl (C=S) groups is 1. The van der Waals surface area contributed by atoms with E-state index in [-0.39, 0.29) is 0 Å². The fraction of sp³-hybridized carbons (Fsp3) is 0.562. The van der Waals surface area contributed by atoms with Crippen molar-refractivity contribution in [2.45, 2.75) is 31.7 Å². The van der Waals surface area contributed by atoms with Crippen molar-refractivity contribution in [3.63, 3.8) is 0 Å². The fourth-order valence-corrected chi connectivity index (χ4v) is 4.20. The molecule has 4 nitrogen and oxygen atoms in total. The minimum Gasteiger partial charge on any atom is -0.495 e. The van der Waals surface area contributed by atoms with Crippen molar-refractivity contribution in [1.29, 1.82) is 0 Å². The minimum atomic E-state index is 0.499. The van der Waals surface area contributed by atoms with E-state index in [1.165, 1.54) is 25.7 Å². The second-order valence-electron chi connectivity index (χ2n) is 6.07. The molecule has 2 aliphatic rings. The Hall–Kier alpha value is -1.20. The number of rotatable bonds is 4. The lowest BCUT2D eigenvalue weighted by atomic mass is 9.96. The first-order valence-corrected chi connectivity index (χ1v) is 8.38. The van der Waals surface area contributed by atoms with Gasteiger partial charge in [0.1, 0.15) is 11.5 Å². The molecule has 0 radical (unpaired) electrons. The number of hydrogen-bond donors (Lipinski definition) is 2. The summed E-state index contributed by atoms with van der Waals surface area (Å²) in [5.41, 5.74) is 0.754. The summed E-state index contributed by atoms with van der Waals surface area (Å²) >= 11 is 11.6. The Morgan fingerprint density at radius 1 is 1.18 bits per heavy atom. The number of benzene rings is 1. The van der Waals surface area contributed by atoms with Crippen molar-refractivity contribution in [1.82, 2.24) is 5.32 Å². The summed E-state index contributed by atoms with van der Waals surface area (Å²) in [5.74, 6) is 2.89. The van der Waals surface area contributed by atoms with Gasteiger partial charge in [0, 0.05) is 18.2 Å². The van der Waals surface area contributed by atoms with Gasteiger partial charge in [0.15, 0.2) is 5.11 Å². The first-order chi connectivity index (χ1) is 10.6. The Morgan fingerprint density at radius 3 is 2.55 bits per heavy atom. The van der Waals surface area contributed by atoms with Crippen LogP contribution >= 0.6 is 23.8 Å². The Labute approximate surface area is 141 Å². The molecule has 0 spiro atoms. The smallest absolute Gasteiger partial charge is 0.171 e. The van der Waals surface area contributed by atoms with Gasteiger partial charge in [0.25, 0.3) is 0 Å². The molecule has 0 saturated heterocycles. The Morgan fingerprint density at radius 2 is 1.95 bits per heavy atom. The van der Waals surface area contributed by atoms with Crippen molar-refractivity contribution in [3.8, 4) is 11.5 Å². The molecule has 22 heavy (non-hydrogen) atoms. The molecular formula is C16H21ClN2O2S. The number of hydrogen-bond acceptors (Lipinski definition) is 3. The molecule has 0 unspecified atom stereocenters. The molecule has 0 aliphatic heterocycles. The minimum absolute atomic E-state index is 0.499. The molecule has 120 valence electrons. The Kier molecular flexibility index (Phi) is 4.64. The van der Waals surface area contributed by atoms with Crippen LogP contribution in [-0.2, 0) is 0 Å². The number of ether oxygens (including phenoxy) is 2. The van der Waals surface area contributed by atoms with E-state index >= 15 is 0 Å². The van der Waals surface area contributed by atoms with Gasteiger partial charge in [-0.3, -0.25) is 0 Å². The maximum absolute atomic E-state index is 6.12. The average molecular weight is 341 g/mol. The monoisotopic (exact) mass is 340 g/mol. The van der Waals surface area contributed by atoms with E-state index in [4.69, 9.17) is 33.3 Å². The highest BCUT2D eigenvalue weighted by atomic mass is 35.5. The summed E-state index contributed by atoms with van der Waals surface area (Å²) in [6.07, 6.45) is 5.28. The molecule has 6 heteroatoms. The summed E-state index contributed by atoms with van der Waals surface area (Å²) in [7, 11) is 3.19. The summed E-state index contributed by atoms with van der Waals surface area (Å²) < 4.78 is 10.6. The second-order valence-corrected chi connectivity index (χ2v) is 6.88. The van der Waals surface area contributed by atoms with Crippen molar-refractivity contribution >= 4 is 34.6 Å². The molecule has 0 aromatic heterocycles. The number of halogens is 1. The zero-order valence-corrected chi connectivity index (χ0v) is 14.4. The van der Waals surface area contributed by atoms with Gasteiger partial charge in [-0.25, -0.2) is 0 Å². The first kappa shape index (κ1) is 15.7. The van der Waals surface area contributed by atoms with Crippen LogP contribution in [0.1, 0.15) is 25.7 Å². The third kappa shape index (κ3) is 3.10. The molecule has 2 N–H and O–H groups in total. The summed E-state index contributed by atoms with van der Waals surface area (Å²) in [4.78, 5) is 0. The van der Waals surface area contributed by atoms with E-state index in [9.17, 15) is 0 Å². The van der Waals surface area contributed by atoms with Gasteiger partial charge in [-0.15, -0.1) is 0 Å². The molecule has 2 saturated carbocycles. The number of nitrogens with one attached hydrogen (secondary N) is 2. The van der Waals surface area contributed by atoms with Crippen molar-refractivity contribution < 1.29 is 9.47 Å². The van der Waals surface area contributed by atoms with Gasteiger partial charge in [-0.1, -0.05) is 18.0 Å². The maximum atomic E-state index is 6.12.